The van der Waals surface area contributed by atoms with Crippen LogP contribution in [0.15, 0.2) is 12.1 Å². The first kappa shape index (κ1) is 17.3. The van der Waals surface area contributed by atoms with Gasteiger partial charge in [-0.15, -0.1) is 12.4 Å². The summed E-state index contributed by atoms with van der Waals surface area (Å²) in [5.41, 5.74) is 5.42. The molecule has 0 aliphatic carbocycles. The molecule has 1 atom stereocenters. The average molecular weight is 294 g/mol. The number of phenolic OH excluding ortho intramolecular Hbond substituents is 3. The molecule has 0 aliphatic rings. The number of halogens is 1. The maximum atomic E-state index is 11.5. The Bertz CT molecular complexity index is 457. The Morgan fingerprint density at radius 1 is 1.26 bits per heavy atom. The van der Waals surface area contributed by atoms with Gasteiger partial charge in [0.1, 0.15) is 6.04 Å². The number of aliphatic hydroxyl groups is 1. The maximum absolute atomic E-state index is 11.5. The number of hydrazine groups is 1. The minimum atomic E-state index is -1.15. The number of amides is 1. The summed E-state index contributed by atoms with van der Waals surface area (Å²) in [7, 11) is 0. The fourth-order valence-electron chi connectivity index (χ4n) is 1.29. The lowest BCUT2D eigenvalue weighted by Crippen LogP contribution is -2.48. The van der Waals surface area contributed by atoms with Crippen molar-refractivity contribution in [1.82, 2.24) is 5.01 Å². The molecule has 8 N–H and O–H groups in total. The highest BCUT2D eigenvalue weighted by Crippen LogP contribution is 2.37. The zero-order valence-electron chi connectivity index (χ0n) is 9.85. The van der Waals surface area contributed by atoms with E-state index in [-0.39, 0.29) is 24.5 Å². The Balaban J connectivity index is 0.00000324. The van der Waals surface area contributed by atoms with Crippen LogP contribution in [0.1, 0.15) is 5.56 Å². The second kappa shape index (κ2) is 7.00. The highest BCUT2D eigenvalue weighted by Gasteiger charge is 2.20. The molecule has 1 rings (SSSR count). The Morgan fingerprint density at radius 2 is 1.84 bits per heavy atom. The molecule has 0 heterocycles. The van der Waals surface area contributed by atoms with E-state index < -0.39 is 35.8 Å². The summed E-state index contributed by atoms with van der Waals surface area (Å²) in [4.78, 5) is 11.5. The van der Waals surface area contributed by atoms with Crippen molar-refractivity contribution in [3.05, 3.63) is 17.7 Å². The van der Waals surface area contributed by atoms with Crippen molar-refractivity contribution < 1.29 is 25.2 Å². The molecule has 0 aliphatic heterocycles. The van der Waals surface area contributed by atoms with E-state index >= 15 is 0 Å². The van der Waals surface area contributed by atoms with Crippen molar-refractivity contribution in [2.45, 2.75) is 12.6 Å². The van der Waals surface area contributed by atoms with Crippen molar-refractivity contribution >= 4 is 18.3 Å². The van der Waals surface area contributed by atoms with Crippen molar-refractivity contribution in [2.75, 3.05) is 6.61 Å². The molecule has 1 amide bonds. The molecule has 1 aromatic carbocycles. The van der Waals surface area contributed by atoms with E-state index in [1.807, 2.05) is 0 Å². The summed E-state index contributed by atoms with van der Waals surface area (Å²) in [6, 6.07) is 1.29. The Kier molecular flexibility index (Phi) is 6.36. The van der Waals surface area contributed by atoms with Crippen LogP contribution in [0.25, 0.3) is 0 Å². The molecule has 1 aromatic rings. The van der Waals surface area contributed by atoms with Gasteiger partial charge in [-0.1, -0.05) is 0 Å². The number of benzene rings is 1. The second-order valence-electron chi connectivity index (χ2n) is 3.70. The summed E-state index contributed by atoms with van der Waals surface area (Å²) < 4.78 is 0. The lowest BCUT2D eigenvalue weighted by Gasteiger charge is -2.20. The van der Waals surface area contributed by atoms with E-state index in [0.717, 1.165) is 6.07 Å². The van der Waals surface area contributed by atoms with E-state index in [2.05, 4.69) is 0 Å². The number of aromatic hydroxyl groups is 3. The maximum Gasteiger partial charge on any atom is 0.256 e. The lowest BCUT2D eigenvalue weighted by atomic mass is 10.1. The molecule has 0 bridgehead atoms. The van der Waals surface area contributed by atoms with Crippen LogP contribution in [-0.4, -0.2) is 44.0 Å². The van der Waals surface area contributed by atoms with Gasteiger partial charge in [0.15, 0.2) is 11.5 Å². The number of hydrogen-bond donors (Lipinski definition) is 6. The van der Waals surface area contributed by atoms with Gasteiger partial charge in [-0.25, -0.2) is 5.84 Å². The molecule has 9 heteroatoms. The number of hydrogen-bond acceptors (Lipinski definition) is 7. The summed E-state index contributed by atoms with van der Waals surface area (Å²) >= 11 is 0. The van der Waals surface area contributed by atoms with Crippen molar-refractivity contribution in [2.24, 2.45) is 11.6 Å². The third-order valence-corrected chi connectivity index (χ3v) is 2.35. The van der Waals surface area contributed by atoms with Crippen molar-refractivity contribution in [3.63, 3.8) is 0 Å². The van der Waals surface area contributed by atoms with Gasteiger partial charge in [0.25, 0.3) is 5.91 Å². The minimum absolute atomic E-state index is 0. The van der Waals surface area contributed by atoms with E-state index in [0.29, 0.717) is 5.01 Å². The summed E-state index contributed by atoms with van der Waals surface area (Å²) in [6.07, 6.45) is 0. The monoisotopic (exact) mass is 293 g/mol. The average Bonchev–Trinajstić information content (AvgIpc) is 2.37. The number of nitrogens with zero attached hydrogens (tertiary/aromatic N) is 1. The van der Waals surface area contributed by atoms with Crippen LogP contribution in [0.2, 0.25) is 0 Å². The predicted octanol–water partition coefficient (Wildman–Crippen LogP) is -1.25. The lowest BCUT2D eigenvalue weighted by molar-refractivity contribution is -0.134. The van der Waals surface area contributed by atoms with Gasteiger partial charge in [0, 0.05) is 5.56 Å². The van der Waals surface area contributed by atoms with Gasteiger partial charge in [-0.2, -0.15) is 0 Å². The van der Waals surface area contributed by atoms with E-state index in [1.54, 1.807) is 0 Å². The number of rotatable bonds is 4. The van der Waals surface area contributed by atoms with Crippen LogP contribution in [0.3, 0.4) is 0 Å². The number of nitrogens with two attached hydrogens (primary N) is 2. The molecule has 108 valence electrons. The van der Waals surface area contributed by atoms with Gasteiger partial charge >= 0.3 is 0 Å². The third kappa shape index (κ3) is 3.86. The first-order valence-corrected chi connectivity index (χ1v) is 5.03. The van der Waals surface area contributed by atoms with E-state index in [4.69, 9.17) is 21.8 Å². The Hall–Kier alpha value is -1.74. The number of carbonyl (C=O) groups is 1. The molecule has 0 fully saturated rings. The summed E-state index contributed by atoms with van der Waals surface area (Å²) in [6.45, 7) is -0.786. The van der Waals surface area contributed by atoms with Crippen molar-refractivity contribution in [3.8, 4) is 17.2 Å². The second-order valence-corrected chi connectivity index (χ2v) is 3.70. The van der Waals surface area contributed by atoms with Gasteiger partial charge in [0.05, 0.1) is 13.2 Å². The van der Waals surface area contributed by atoms with Crippen LogP contribution >= 0.6 is 12.4 Å². The minimum Gasteiger partial charge on any atom is -0.504 e. The molecule has 8 nitrogen and oxygen atoms in total. The van der Waals surface area contributed by atoms with Crippen LogP contribution in [0, 0.1) is 0 Å². The number of carbonyl (C=O) groups excluding carboxylic acids is 1. The molecule has 0 aromatic heterocycles. The molecule has 0 saturated carbocycles. The summed E-state index contributed by atoms with van der Waals surface area (Å²) in [5.74, 6) is 2.95. The zero-order chi connectivity index (χ0) is 13.9. The van der Waals surface area contributed by atoms with Crippen LogP contribution < -0.4 is 11.6 Å². The quantitative estimate of drug-likeness (QED) is 0.175. The fraction of sp³-hybridized carbons (Fsp3) is 0.300. The van der Waals surface area contributed by atoms with Crippen LogP contribution in [0.4, 0.5) is 0 Å². The Labute approximate surface area is 115 Å². The van der Waals surface area contributed by atoms with Crippen LogP contribution in [0.5, 0.6) is 17.2 Å². The molecule has 0 spiro atoms. The summed E-state index contributed by atoms with van der Waals surface area (Å²) in [5, 5.41) is 37.3. The third-order valence-electron chi connectivity index (χ3n) is 2.35. The van der Waals surface area contributed by atoms with Gasteiger partial charge < -0.3 is 26.2 Å². The fourth-order valence-corrected chi connectivity index (χ4v) is 1.29. The molecular formula is C10H16ClN3O5. The molecule has 1 unspecified atom stereocenters. The van der Waals surface area contributed by atoms with Gasteiger partial charge in [-0.05, 0) is 12.1 Å². The molecular weight excluding hydrogens is 278 g/mol. The van der Waals surface area contributed by atoms with Gasteiger partial charge in [0.2, 0.25) is 5.75 Å². The normalized spacial score (nSPS) is 11.5. The number of aliphatic hydroxyl groups excluding tert-OH is 1. The smallest absolute Gasteiger partial charge is 0.256 e. The van der Waals surface area contributed by atoms with Crippen LogP contribution in [-0.2, 0) is 11.3 Å². The number of phenols is 3. The van der Waals surface area contributed by atoms with Crippen molar-refractivity contribution in [1.29, 1.82) is 0 Å². The SMILES string of the molecule is Cl.NC(CO)C(=O)N(N)Cc1ccc(O)c(O)c1O. The highest BCUT2D eigenvalue weighted by atomic mass is 35.5. The molecule has 0 radical (unpaired) electrons. The first-order valence-electron chi connectivity index (χ1n) is 5.03. The highest BCUT2D eigenvalue weighted by molar-refractivity contribution is 5.85. The molecule has 19 heavy (non-hydrogen) atoms. The largest absolute Gasteiger partial charge is 0.504 e. The standard InChI is InChI=1S/C10H15N3O5.ClH/c11-6(4-14)10(18)13(12)3-5-1-2-7(15)9(17)8(5)16;/h1-2,6,14-17H,3-4,11-12H2;1H. The Morgan fingerprint density at radius 3 is 2.37 bits per heavy atom. The predicted molar refractivity (Wildman–Crippen MR) is 68.5 cm³/mol. The topological polar surface area (TPSA) is 153 Å². The zero-order valence-corrected chi connectivity index (χ0v) is 10.7. The van der Waals surface area contributed by atoms with E-state index in [1.165, 1.54) is 6.07 Å². The van der Waals surface area contributed by atoms with E-state index in [9.17, 15) is 15.0 Å². The molecule has 0 saturated heterocycles. The first-order chi connectivity index (χ1) is 8.38. The van der Waals surface area contributed by atoms with Gasteiger partial charge in [-0.3, -0.25) is 9.80 Å².